The van der Waals surface area contributed by atoms with Crippen molar-refractivity contribution in [2.45, 2.75) is 6.92 Å². The van der Waals surface area contributed by atoms with Gasteiger partial charge in [0, 0.05) is 5.56 Å². The van der Waals surface area contributed by atoms with Gasteiger partial charge in [0.1, 0.15) is 0 Å². The van der Waals surface area contributed by atoms with E-state index in [9.17, 15) is 9.59 Å². The molecule has 2 aromatic rings. The van der Waals surface area contributed by atoms with E-state index in [1.807, 2.05) is 17.5 Å². The van der Waals surface area contributed by atoms with Gasteiger partial charge in [-0.1, -0.05) is 6.07 Å². The van der Waals surface area contributed by atoms with Crippen molar-refractivity contribution in [1.29, 1.82) is 0 Å². The molecule has 5 nitrogen and oxygen atoms in total. The van der Waals surface area contributed by atoms with Crippen LogP contribution in [-0.4, -0.2) is 21.0 Å². The Kier molecular flexibility index (Phi) is 2.57. The Morgan fingerprint density at radius 1 is 1.56 bits per heavy atom. The normalized spacial score (nSPS) is 10.3. The highest BCUT2D eigenvalue weighted by Gasteiger charge is 2.15. The first kappa shape index (κ1) is 10.6. The summed E-state index contributed by atoms with van der Waals surface area (Å²) in [6.45, 7) is 1.63. The number of aromatic nitrogens is 2. The molecule has 0 saturated heterocycles. The van der Waals surface area contributed by atoms with Crippen LogP contribution in [-0.2, 0) is 0 Å². The summed E-state index contributed by atoms with van der Waals surface area (Å²) in [6.07, 6.45) is 0. The average Bonchev–Trinajstić information content (AvgIpc) is 2.73. The van der Waals surface area contributed by atoms with Crippen molar-refractivity contribution in [1.82, 2.24) is 9.97 Å². The van der Waals surface area contributed by atoms with Gasteiger partial charge in [-0.15, -0.1) is 11.3 Å². The predicted octanol–water partition coefficient (Wildman–Crippen LogP) is 1.51. The molecule has 0 fully saturated rings. The lowest BCUT2D eigenvalue weighted by molar-refractivity contribution is 0.0689. The monoisotopic (exact) mass is 236 g/mol. The van der Waals surface area contributed by atoms with Crippen LogP contribution in [0.4, 0.5) is 0 Å². The summed E-state index contributed by atoms with van der Waals surface area (Å²) in [5, 5.41) is 10.8. The van der Waals surface area contributed by atoms with E-state index < -0.39 is 11.7 Å². The minimum absolute atomic E-state index is 0.202. The molecule has 2 heterocycles. The highest BCUT2D eigenvalue weighted by atomic mass is 32.1. The number of carboxylic acids is 1. The Morgan fingerprint density at radius 2 is 2.31 bits per heavy atom. The number of hydrogen-bond donors (Lipinski definition) is 2. The summed E-state index contributed by atoms with van der Waals surface area (Å²) >= 11 is 1.43. The standard InChI is InChI=1S/C10H8N2O3S/c1-5-7(6-3-2-4-16-6)11-10(15)12-8(5)9(13)14/h2-4H,1H3,(H,13,14)(H,11,12,15). The van der Waals surface area contributed by atoms with Crippen LogP contribution >= 0.6 is 11.3 Å². The molecule has 16 heavy (non-hydrogen) atoms. The molecule has 0 aromatic carbocycles. The Hall–Kier alpha value is -1.95. The Bertz CT molecular complexity index is 587. The maximum Gasteiger partial charge on any atom is 0.355 e. The number of thiophene rings is 1. The molecule has 2 N–H and O–H groups in total. The van der Waals surface area contributed by atoms with Crippen LogP contribution in [0.5, 0.6) is 0 Å². The summed E-state index contributed by atoms with van der Waals surface area (Å²) < 4.78 is 0. The van der Waals surface area contributed by atoms with Crippen LogP contribution in [0.1, 0.15) is 16.1 Å². The third-order valence-corrected chi connectivity index (χ3v) is 3.03. The molecule has 0 amide bonds. The van der Waals surface area contributed by atoms with Gasteiger partial charge in [0.15, 0.2) is 5.69 Å². The second-order valence-corrected chi connectivity index (χ2v) is 4.12. The van der Waals surface area contributed by atoms with E-state index >= 15 is 0 Å². The Balaban J connectivity index is 2.72. The summed E-state index contributed by atoms with van der Waals surface area (Å²) in [5.41, 5.74) is 0.139. The fraction of sp³-hybridized carbons (Fsp3) is 0.100. The van der Waals surface area contributed by atoms with Gasteiger partial charge in [-0.25, -0.2) is 9.59 Å². The zero-order valence-electron chi connectivity index (χ0n) is 8.35. The van der Waals surface area contributed by atoms with E-state index in [2.05, 4.69) is 9.97 Å². The van der Waals surface area contributed by atoms with Gasteiger partial charge in [0.2, 0.25) is 0 Å². The first-order valence-electron chi connectivity index (χ1n) is 4.47. The number of carbonyl (C=O) groups is 1. The fourth-order valence-electron chi connectivity index (χ4n) is 1.41. The van der Waals surface area contributed by atoms with Gasteiger partial charge in [-0.05, 0) is 18.4 Å². The van der Waals surface area contributed by atoms with Crippen molar-refractivity contribution in [2.24, 2.45) is 0 Å². The summed E-state index contributed by atoms with van der Waals surface area (Å²) in [7, 11) is 0. The van der Waals surface area contributed by atoms with E-state index in [0.717, 1.165) is 4.88 Å². The van der Waals surface area contributed by atoms with Gasteiger partial charge in [0.25, 0.3) is 0 Å². The molecule has 0 radical (unpaired) electrons. The smallest absolute Gasteiger partial charge is 0.355 e. The SMILES string of the molecule is Cc1c(C(=O)O)nc(=O)[nH]c1-c1cccs1. The van der Waals surface area contributed by atoms with Gasteiger partial charge in [-0.2, -0.15) is 4.98 Å². The maximum atomic E-state index is 11.2. The van der Waals surface area contributed by atoms with Crippen molar-refractivity contribution in [3.05, 3.63) is 39.3 Å². The third-order valence-electron chi connectivity index (χ3n) is 2.15. The van der Waals surface area contributed by atoms with Gasteiger partial charge in [-0.3, -0.25) is 0 Å². The number of nitrogens with zero attached hydrogens (tertiary/aromatic N) is 1. The summed E-state index contributed by atoms with van der Waals surface area (Å²) in [5.74, 6) is -1.19. The largest absolute Gasteiger partial charge is 0.476 e. The Labute approximate surface area is 94.4 Å². The van der Waals surface area contributed by atoms with Gasteiger partial charge >= 0.3 is 11.7 Å². The third kappa shape index (κ3) is 1.74. The van der Waals surface area contributed by atoms with Crippen LogP contribution in [0.2, 0.25) is 0 Å². The molecule has 82 valence electrons. The predicted molar refractivity (Wildman–Crippen MR) is 59.9 cm³/mol. The molecular weight excluding hydrogens is 228 g/mol. The van der Waals surface area contributed by atoms with Crippen LogP contribution < -0.4 is 5.69 Å². The van der Waals surface area contributed by atoms with E-state index in [1.54, 1.807) is 6.92 Å². The molecule has 0 spiro atoms. The van der Waals surface area contributed by atoms with E-state index in [0.29, 0.717) is 11.3 Å². The highest BCUT2D eigenvalue weighted by molar-refractivity contribution is 7.13. The molecule has 2 rings (SSSR count). The van der Waals surface area contributed by atoms with Crippen LogP contribution in [0.15, 0.2) is 22.3 Å². The lowest BCUT2D eigenvalue weighted by Crippen LogP contribution is -2.18. The van der Waals surface area contributed by atoms with Crippen LogP contribution in [0, 0.1) is 6.92 Å². The van der Waals surface area contributed by atoms with Gasteiger partial charge < -0.3 is 10.1 Å². The lowest BCUT2D eigenvalue weighted by Gasteiger charge is -2.04. The van der Waals surface area contributed by atoms with Crippen molar-refractivity contribution < 1.29 is 9.90 Å². The minimum atomic E-state index is -1.19. The zero-order chi connectivity index (χ0) is 11.7. The molecule has 0 aliphatic rings. The quantitative estimate of drug-likeness (QED) is 0.827. The van der Waals surface area contributed by atoms with E-state index in [4.69, 9.17) is 5.11 Å². The molecule has 0 aliphatic carbocycles. The minimum Gasteiger partial charge on any atom is -0.476 e. The molecule has 0 aliphatic heterocycles. The number of carboxylic acid groups (broad SMARTS) is 1. The van der Waals surface area contributed by atoms with Crippen molar-refractivity contribution >= 4 is 17.3 Å². The van der Waals surface area contributed by atoms with Crippen molar-refractivity contribution in [2.75, 3.05) is 0 Å². The van der Waals surface area contributed by atoms with Crippen LogP contribution in [0.3, 0.4) is 0 Å². The number of aromatic carboxylic acids is 1. The maximum absolute atomic E-state index is 11.2. The number of H-pyrrole nitrogens is 1. The molecular formula is C10H8N2O3S. The second kappa shape index (κ2) is 3.90. The summed E-state index contributed by atoms with van der Waals surface area (Å²) in [6, 6.07) is 3.65. The van der Waals surface area contributed by atoms with E-state index in [1.165, 1.54) is 11.3 Å². The van der Waals surface area contributed by atoms with E-state index in [-0.39, 0.29) is 5.69 Å². The first-order valence-corrected chi connectivity index (χ1v) is 5.35. The molecule has 0 atom stereocenters. The second-order valence-electron chi connectivity index (χ2n) is 3.17. The number of rotatable bonds is 2. The first-order chi connectivity index (χ1) is 7.59. The fourth-order valence-corrected chi connectivity index (χ4v) is 2.19. The van der Waals surface area contributed by atoms with Crippen molar-refractivity contribution in [3.63, 3.8) is 0 Å². The van der Waals surface area contributed by atoms with Gasteiger partial charge in [0.05, 0.1) is 10.6 Å². The molecule has 0 unspecified atom stereocenters. The summed E-state index contributed by atoms with van der Waals surface area (Å²) in [4.78, 5) is 28.9. The number of nitrogens with one attached hydrogen (secondary N) is 1. The highest BCUT2D eigenvalue weighted by Crippen LogP contribution is 2.25. The molecule has 0 bridgehead atoms. The Morgan fingerprint density at radius 3 is 2.88 bits per heavy atom. The number of aromatic amines is 1. The lowest BCUT2D eigenvalue weighted by atomic mass is 10.1. The molecule has 6 heteroatoms. The molecule has 0 saturated carbocycles. The number of hydrogen-bond acceptors (Lipinski definition) is 4. The average molecular weight is 236 g/mol. The topological polar surface area (TPSA) is 83.0 Å². The molecule has 2 aromatic heterocycles. The van der Waals surface area contributed by atoms with Crippen LogP contribution in [0.25, 0.3) is 10.6 Å². The van der Waals surface area contributed by atoms with Crippen molar-refractivity contribution in [3.8, 4) is 10.6 Å². The zero-order valence-corrected chi connectivity index (χ0v) is 9.17.